The summed E-state index contributed by atoms with van der Waals surface area (Å²) in [6.07, 6.45) is 3.92. The van der Waals surface area contributed by atoms with Crippen LogP contribution >= 0.6 is 0 Å². The van der Waals surface area contributed by atoms with E-state index in [4.69, 9.17) is 4.52 Å². The lowest BCUT2D eigenvalue weighted by Gasteiger charge is -2.16. The van der Waals surface area contributed by atoms with Gasteiger partial charge in [0.05, 0.1) is 12.3 Å². The highest BCUT2D eigenvalue weighted by Gasteiger charge is 2.17. The zero-order valence-corrected chi connectivity index (χ0v) is 13.1. The minimum absolute atomic E-state index is 0.135. The minimum atomic E-state index is -0.563. The van der Waals surface area contributed by atoms with Gasteiger partial charge in [-0.25, -0.2) is 0 Å². The van der Waals surface area contributed by atoms with Crippen LogP contribution in [0.25, 0.3) is 0 Å². The number of hydrogen-bond acceptors (Lipinski definition) is 5. The molecule has 2 heterocycles. The van der Waals surface area contributed by atoms with Gasteiger partial charge in [-0.3, -0.25) is 9.48 Å². The lowest BCUT2D eigenvalue weighted by atomic mass is 10.0. The number of aromatic nitrogens is 3. The van der Waals surface area contributed by atoms with Crippen LogP contribution in [0.5, 0.6) is 0 Å². The number of rotatable bonds is 7. The Balaban J connectivity index is 1.89. The third-order valence-electron chi connectivity index (χ3n) is 3.64. The van der Waals surface area contributed by atoms with Crippen molar-refractivity contribution in [2.45, 2.75) is 39.8 Å². The average Bonchev–Trinajstić information content (AvgIpc) is 3.13. The quantitative estimate of drug-likeness (QED) is 0.805. The molecule has 2 aromatic heterocycles. The molecule has 0 aliphatic heterocycles. The molecule has 0 saturated carbocycles. The summed E-state index contributed by atoms with van der Waals surface area (Å²) in [7, 11) is 0. The van der Waals surface area contributed by atoms with E-state index in [9.17, 15) is 9.90 Å². The molecule has 1 amide bonds. The standard InChI is InChI=1S/C15H22N4O3/c1-4-11(3)14(20)7-16-15(21)13-5-12(22-18-13)9-19-8-10(2)6-17-19/h5-6,8,11,14,20H,4,7,9H2,1-3H3,(H,16,21). The molecule has 0 bridgehead atoms. The number of aliphatic hydroxyl groups is 1. The molecule has 0 saturated heterocycles. The van der Waals surface area contributed by atoms with Gasteiger partial charge in [-0.2, -0.15) is 5.10 Å². The predicted molar refractivity (Wildman–Crippen MR) is 80.4 cm³/mol. The van der Waals surface area contributed by atoms with Crippen LogP contribution in [-0.2, 0) is 6.54 Å². The van der Waals surface area contributed by atoms with Gasteiger partial charge < -0.3 is 14.9 Å². The number of aryl methyl sites for hydroxylation is 1. The molecule has 2 atom stereocenters. The zero-order valence-electron chi connectivity index (χ0n) is 13.1. The van der Waals surface area contributed by atoms with Gasteiger partial charge in [0.1, 0.15) is 6.54 Å². The van der Waals surface area contributed by atoms with Crippen LogP contribution in [0.2, 0.25) is 0 Å². The summed E-state index contributed by atoms with van der Waals surface area (Å²) >= 11 is 0. The molecule has 0 radical (unpaired) electrons. The van der Waals surface area contributed by atoms with Gasteiger partial charge in [-0.15, -0.1) is 0 Å². The second kappa shape index (κ2) is 7.22. The summed E-state index contributed by atoms with van der Waals surface area (Å²) < 4.78 is 6.85. The third kappa shape index (κ3) is 4.17. The molecular formula is C15H22N4O3. The Kier molecular flexibility index (Phi) is 5.32. The number of nitrogens with one attached hydrogen (secondary N) is 1. The Morgan fingerprint density at radius 1 is 1.55 bits per heavy atom. The second-order valence-corrected chi connectivity index (χ2v) is 5.56. The molecule has 120 valence electrons. The molecule has 2 aromatic rings. The van der Waals surface area contributed by atoms with E-state index in [0.717, 1.165) is 12.0 Å². The normalized spacial score (nSPS) is 13.8. The number of hydrogen-bond donors (Lipinski definition) is 2. The molecule has 0 aliphatic rings. The zero-order chi connectivity index (χ0) is 16.1. The third-order valence-corrected chi connectivity index (χ3v) is 3.64. The fourth-order valence-corrected chi connectivity index (χ4v) is 1.97. The molecule has 7 nitrogen and oxygen atoms in total. The van der Waals surface area contributed by atoms with Crippen molar-refractivity contribution >= 4 is 5.91 Å². The largest absolute Gasteiger partial charge is 0.391 e. The first-order valence-electron chi connectivity index (χ1n) is 7.40. The monoisotopic (exact) mass is 306 g/mol. The maximum absolute atomic E-state index is 12.0. The molecule has 0 aromatic carbocycles. The number of amides is 1. The van der Waals surface area contributed by atoms with Crippen molar-refractivity contribution < 1.29 is 14.4 Å². The Morgan fingerprint density at radius 2 is 2.32 bits per heavy atom. The summed E-state index contributed by atoms with van der Waals surface area (Å²) in [6, 6.07) is 1.59. The van der Waals surface area contributed by atoms with Gasteiger partial charge in [0, 0.05) is 18.8 Å². The maximum Gasteiger partial charge on any atom is 0.273 e. The minimum Gasteiger partial charge on any atom is -0.391 e. The van der Waals surface area contributed by atoms with E-state index in [1.807, 2.05) is 27.0 Å². The van der Waals surface area contributed by atoms with E-state index in [0.29, 0.717) is 12.3 Å². The average molecular weight is 306 g/mol. The molecule has 2 unspecified atom stereocenters. The molecule has 0 aliphatic carbocycles. The van der Waals surface area contributed by atoms with E-state index in [1.54, 1.807) is 16.9 Å². The first-order valence-corrected chi connectivity index (χ1v) is 7.40. The highest BCUT2D eigenvalue weighted by atomic mass is 16.5. The van der Waals surface area contributed by atoms with E-state index < -0.39 is 6.10 Å². The molecular weight excluding hydrogens is 284 g/mol. The van der Waals surface area contributed by atoms with Crippen molar-refractivity contribution in [3.8, 4) is 0 Å². The van der Waals surface area contributed by atoms with Gasteiger partial charge in [0.2, 0.25) is 0 Å². The predicted octanol–water partition coefficient (Wildman–Crippen LogP) is 1.36. The van der Waals surface area contributed by atoms with Crippen LogP contribution < -0.4 is 5.32 Å². The van der Waals surface area contributed by atoms with Crippen LogP contribution in [0, 0.1) is 12.8 Å². The van der Waals surface area contributed by atoms with Crippen molar-refractivity contribution in [1.82, 2.24) is 20.3 Å². The van der Waals surface area contributed by atoms with Crippen molar-refractivity contribution in [3.63, 3.8) is 0 Å². The number of carbonyl (C=O) groups is 1. The highest BCUT2D eigenvalue weighted by molar-refractivity contribution is 5.92. The fraction of sp³-hybridized carbons (Fsp3) is 0.533. The van der Waals surface area contributed by atoms with Crippen molar-refractivity contribution in [2.24, 2.45) is 5.92 Å². The smallest absolute Gasteiger partial charge is 0.273 e. The molecule has 0 fully saturated rings. The maximum atomic E-state index is 12.0. The SMILES string of the molecule is CCC(C)C(O)CNC(=O)c1cc(Cn2cc(C)cn2)on1. The van der Waals surface area contributed by atoms with Crippen LogP contribution in [0.3, 0.4) is 0 Å². The number of nitrogens with zero attached hydrogens (tertiary/aromatic N) is 3. The van der Waals surface area contributed by atoms with Crippen molar-refractivity contribution in [2.75, 3.05) is 6.54 Å². The van der Waals surface area contributed by atoms with Crippen molar-refractivity contribution in [3.05, 3.63) is 35.5 Å². The Bertz CT molecular complexity index is 620. The second-order valence-electron chi connectivity index (χ2n) is 5.56. The topological polar surface area (TPSA) is 93.2 Å². The van der Waals surface area contributed by atoms with E-state index in [1.165, 1.54) is 0 Å². The number of aliphatic hydroxyl groups excluding tert-OH is 1. The Labute approximate surface area is 129 Å². The molecule has 2 N–H and O–H groups in total. The number of carbonyl (C=O) groups excluding carboxylic acids is 1. The van der Waals surface area contributed by atoms with E-state index in [-0.39, 0.29) is 24.1 Å². The van der Waals surface area contributed by atoms with Gasteiger partial charge in [0.15, 0.2) is 11.5 Å². The van der Waals surface area contributed by atoms with Crippen LogP contribution in [0.1, 0.15) is 42.1 Å². The molecule has 22 heavy (non-hydrogen) atoms. The first kappa shape index (κ1) is 16.2. The van der Waals surface area contributed by atoms with Gasteiger partial charge in [-0.1, -0.05) is 25.4 Å². The first-order chi connectivity index (χ1) is 10.5. The van der Waals surface area contributed by atoms with Gasteiger partial charge in [-0.05, 0) is 18.4 Å². The molecule has 7 heteroatoms. The summed E-state index contributed by atoms with van der Waals surface area (Å²) in [6.45, 7) is 6.51. The van der Waals surface area contributed by atoms with Crippen molar-refractivity contribution in [1.29, 1.82) is 0 Å². The van der Waals surface area contributed by atoms with Gasteiger partial charge in [0.25, 0.3) is 5.91 Å². The lowest BCUT2D eigenvalue weighted by Crippen LogP contribution is -2.35. The van der Waals surface area contributed by atoms with E-state index >= 15 is 0 Å². The van der Waals surface area contributed by atoms with E-state index in [2.05, 4.69) is 15.6 Å². The summed E-state index contributed by atoms with van der Waals surface area (Å²) in [5, 5.41) is 20.4. The van der Waals surface area contributed by atoms with Gasteiger partial charge >= 0.3 is 0 Å². The molecule has 0 spiro atoms. The highest BCUT2D eigenvalue weighted by Crippen LogP contribution is 2.08. The Hall–Kier alpha value is -2.15. The lowest BCUT2D eigenvalue weighted by molar-refractivity contribution is 0.0842. The summed E-state index contributed by atoms with van der Waals surface area (Å²) in [4.78, 5) is 12.0. The van der Waals surface area contributed by atoms with Crippen LogP contribution in [0.15, 0.2) is 23.0 Å². The Morgan fingerprint density at radius 3 is 2.95 bits per heavy atom. The van der Waals surface area contributed by atoms with Crippen LogP contribution in [0.4, 0.5) is 0 Å². The fourth-order valence-electron chi connectivity index (χ4n) is 1.97. The summed E-state index contributed by atoms with van der Waals surface area (Å²) in [5.74, 6) is 0.334. The molecule has 2 rings (SSSR count). The summed E-state index contributed by atoms with van der Waals surface area (Å²) in [5.41, 5.74) is 1.26. The van der Waals surface area contributed by atoms with Crippen LogP contribution in [-0.4, -0.2) is 38.6 Å².